The lowest BCUT2D eigenvalue weighted by Crippen LogP contribution is -2.36. The molecule has 1 atom stereocenters. The standard InChI is InChI=1S/C11H10N2O4S/c14-8(11(16)17)4-12-10(15)6-1-2-7-9(3-6)18-5-13-7/h1-3,5,8,14H,4H2,(H,12,15)(H,16,17). The van der Waals surface area contributed by atoms with Gasteiger partial charge in [-0.15, -0.1) is 11.3 Å². The van der Waals surface area contributed by atoms with Gasteiger partial charge in [0.05, 0.1) is 22.3 Å². The van der Waals surface area contributed by atoms with E-state index in [4.69, 9.17) is 10.2 Å². The first-order valence-electron chi connectivity index (χ1n) is 5.10. The molecule has 1 heterocycles. The van der Waals surface area contributed by atoms with E-state index in [2.05, 4.69) is 10.3 Å². The van der Waals surface area contributed by atoms with Crippen LogP contribution >= 0.6 is 11.3 Å². The van der Waals surface area contributed by atoms with Crippen molar-refractivity contribution < 1.29 is 19.8 Å². The molecule has 0 aliphatic rings. The number of carboxylic acids is 1. The molecule has 1 amide bonds. The number of nitrogens with one attached hydrogen (secondary N) is 1. The molecule has 3 N–H and O–H groups in total. The second kappa shape index (κ2) is 5.11. The summed E-state index contributed by atoms with van der Waals surface area (Å²) in [7, 11) is 0. The molecule has 0 fully saturated rings. The Hall–Kier alpha value is -1.99. The number of carbonyl (C=O) groups excluding carboxylic acids is 1. The number of hydrogen-bond acceptors (Lipinski definition) is 5. The van der Waals surface area contributed by atoms with Crippen molar-refractivity contribution in [1.29, 1.82) is 0 Å². The Morgan fingerprint density at radius 2 is 2.22 bits per heavy atom. The van der Waals surface area contributed by atoms with Gasteiger partial charge in [0, 0.05) is 5.56 Å². The van der Waals surface area contributed by atoms with E-state index in [9.17, 15) is 9.59 Å². The minimum Gasteiger partial charge on any atom is -0.479 e. The number of amides is 1. The molecular weight excluding hydrogens is 256 g/mol. The third-order valence-corrected chi connectivity index (χ3v) is 3.13. The van der Waals surface area contributed by atoms with Gasteiger partial charge in [0.15, 0.2) is 6.10 Å². The lowest BCUT2D eigenvalue weighted by Gasteiger charge is -2.07. The maximum atomic E-state index is 11.7. The maximum absolute atomic E-state index is 11.7. The number of aliphatic hydroxyl groups is 1. The van der Waals surface area contributed by atoms with Gasteiger partial charge < -0.3 is 15.5 Å². The van der Waals surface area contributed by atoms with Crippen molar-refractivity contribution in [3.8, 4) is 0 Å². The summed E-state index contributed by atoms with van der Waals surface area (Å²) < 4.78 is 0.876. The molecule has 6 nitrogen and oxygen atoms in total. The second-order valence-electron chi connectivity index (χ2n) is 3.60. The summed E-state index contributed by atoms with van der Waals surface area (Å²) in [5.41, 5.74) is 2.90. The summed E-state index contributed by atoms with van der Waals surface area (Å²) in [6.07, 6.45) is -1.60. The van der Waals surface area contributed by atoms with Gasteiger partial charge in [-0.1, -0.05) is 0 Å². The molecule has 0 saturated heterocycles. The zero-order valence-electron chi connectivity index (χ0n) is 9.16. The van der Waals surface area contributed by atoms with Crippen molar-refractivity contribution in [2.75, 3.05) is 6.54 Å². The van der Waals surface area contributed by atoms with Crippen molar-refractivity contribution in [3.05, 3.63) is 29.3 Å². The molecule has 1 aromatic heterocycles. The Morgan fingerprint density at radius 3 is 2.94 bits per heavy atom. The Kier molecular flexibility index (Phi) is 3.54. The first kappa shape index (κ1) is 12.5. The molecule has 94 valence electrons. The molecule has 0 radical (unpaired) electrons. The summed E-state index contributed by atoms with van der Waals surface area (Å²) in [6.45, 7) is -0.325. The van der Waals surface area contributed by atoms with Crippen molar-refractivity contribution >= 4 is 33.4 Å². The fourth-order valence-electron chi connectivity index (χ4n) is 1.38. The van der Waals surface area contributed by atoms with Gasteiger partial charge in [-0.2, -0.15) is 0 Å². The minimum atomic E-state index is -1.60. The van der Waals surface area contributed by atoms with Crippen molar-refractivity contribution in [2.45, 2.75) is 6.10 Å². The molecular formula is C11H10N2O4S. The average Bonchev–Trinajstić information content (AvgIpc) is 2.82. The number of carboxylic acid groups (broad SMARTS) is 1. The van der Waals surface area contributed by atoms with E-state index in [1.807, 2.05) is 0 Å². The number of carbonyl (C=O) groups is 2. The number of hydrogen-bond donors (Lipinski definition) is 3. The lowest BCUT2D eigenvalue weighted by atomic mass is 10.2. The van der Waals surface area contributed by atoms with Crippen molar-refractivity contribution in [2.24, 2.45) is 0 Å². The molecule has 0 spiro atoms. The number of rotatable bonds is 4. The molecule has 0 aliphatic heterocycles. The SMILES string of the molecule is O=C(NCC(O)C(=O)O)c1ccc2ncsc2c1. The largest absolute Gasteiger partial charge is 0.479 e. The van der Waals surface area contributed by atoms with Crippen LogP contribution in [-0.4, -0.2) is 39.7 Å². The summed E-state index contributed by atoms with van der Waals surface area (Å²) in [5.74, 6) is -1.79. The predicted molar refractivity (Wildman–Crippen MR) is 65.6 cm³/mol. The van der Waals surface area contributed by atoms with Gasteiger partial charge >= 0.3 is 5.97 Å². The number of aliphatic hydroxyl groups excluding tert-OH is 1. The Labute approximate surface area is 106 Å². The van der Waals surface area contributed by atoms with Crippen molar-refractivity contribution in [1.82, 2.24) is 10.3 Å². The highest BCUT2D eigenvalue weighted by molar-refractivity contribution is 7.16. The summed E-state index contributed by atoms with van der Waals surface area (Å²) in [5, 5.41) is 19.9. The fraction of sp³-hybridized carbons (Fsp3) is 0.182. The molecule has 18 heavy (non-hydrogen) atoms. The quantitative estimate of drug-likeness (QED) is 0.747. The number of aromatic nitrogens is 1. The number of nitrogens with zero attached hydrogens (tertiary/aromatic N) is 1. The van der Waals surface area contributed by atoms with E-state index in [0.29, 0.717) is 5.56 Å². The fourth-order valence-corrected chi connectivity index (χ4v) is 2.09. The zero-order chi connectivity index (χ0) is 13.1. The zero-order valence-corrected chi connectivity index (χ0v) is 9.98. The molecule has 2 aromatic rings. The van der Waals surface area contributed by atoms with E-state index in [0.717, 1.165) is 10.2 Å². The lowest BCUT2D eigenvalue weighted by molar-refractivity contribution is -0.146. The van der Waals surface area contributed by atoms with Crippen LogP contribution in [0, 0.1) is 0 Å². The topological polar surface area (TPSA) is 99.5 Å². The molecule has 2 rings (SSSR count). The van der Waals surface area contributed by atoms with Crippen LogP contribution in [0.3, 0.4) is 0 Å². The highest BCUT2D eigenvalue weighted by atomic mass is 32.1. The molecule has 1 aromatic carbocycles. The Balaban J connectivity index is 2.06. The number of fused-ring (bicyclic) bond motifs is 1. The molecule has 1 unspecified atom stereocenters. The highest BCUT2D eigenvalue weighted by Gasteiger charge is 2.15. The molecule has 0 aliphatic carbocycles. The van der Waals surface area contributed by atoms with Gasteiger partial charge in [0.2, 0.25) is 0 Å². The van der Waals surface area contributed by atoms with E-state index in [1.54, 1.807) is 23.7 Å². The van der Waals surface area contributed by atoms with E-state index in [-0.39, 0.29) is 6.54 Å². The van der Waals surface area contributed by atoms with Crippen LogP contribution in [0.25, 0.3) is 10.2 Å². The summed E-state index contributed by atoms with van der Waals surface area (Å²) in [4.78, 5) is 26.2. The molecule has 7 heteroatoms. The number of aliphatic carboxylic acids is 1. The summed E-state index contributed by atoms with van der Waals surface area (Å²) >= 11 is 1.41. The second-order valence-corrected chi connectivity index (χ2v) is 4.49. The van der Waals surface area contributed by atoms with Crippen molar-refractivity contribution in [3.63, 3.8) is 0 Å². The normalized spacial score (nSPS) is 12.3. The van der Waals surface area contributed by atoms with Crippen LogP contribution < -0.4 is 5.32 Å². The molecule has 0 saturated carbocycles. The molecule has 0 bridgehead atoms. The minimum absolute atomic E-state index is 0.325. The first-order valence-corrected chi connectivity index (χ1v) is 5.98. The Bertz CT molecular complexity index is 595. The van der Waals surface area contributed by atoms with Crippen LogP contribution in [0.2, 0.25) is 0 Å². The third-order valence-electron chi connectivity index (χ3n) is 2.33. The van der Waals surface area contributed by atoms with Gasteiger partial charge in [0.1, 0.15) is 0 Å². The number of benzene rings is 1. The van der Waals surface area contributed by atoms with Gasteiger partial charge in [0.25, 0.3) is 5.91 Å². The van der Waals surface area contributed by atoms with Gasteiger partial charge in [-0.05, 0) is 18.2 Å². The summed E-state index contributed by atoms with van der Waals surface area (Å²) in [6, 6.07) is 4.99. The Morgan fingerprint density at radius 1 is 1.44 bits per heavy atom. The van der Waals surface area contributed by atoms with Gasteiger partial charge in [-0.25, -0.2) is 9.78 Å². The van der Waals surface area contributed by atoms with Crippen LogP contribution in [0.1, 0.15) is 10.4 Å². The highest BCUT2D eigenvalue weighted by Crippen LogP contribution is 2.18. The average molecular weight is 266 g/mol. The monoisotopic (exact) mass is 266 g/mol. The smallest absolute Gasteiger partial charge is 0.334 e. The first-order chi connectivity index (χ1) is 8.58. The third kappa shape index (κ3) is 2.63. The predicted octanol–water partition coefficient (Wildman–Crippen LogP) is 0.472. The maximum Gasteiger partial charge on any atom is 0.334 e. The van der Waals surface area contributed by atoms with Crippen LogP contribution in [0.5, 0.6) is 0 Å². The van der Waals surface area contributed by atoms with E-state index >= 15 is 0 Å². The number of thiazole rings is 1. The van der Waals surface area contributed by atoms with Crippen LogP contribution in [0.15, 0.2) is 23.7 Å². The van der Waals surface area contributed by atoms with Crippen LogP contribution in [0.4, 0.5) is 0 Å². The van der Waals surface area contributed by atoms with E-state index < -0.39 is 18.0 Å². The van der Waals surface area contributed by atoms with E-state index in [1.165, 1.54) is 11.3 Å². The van der Waals surface area contributed by atoms with Gasteiger partial charge in [-0.3, -0.25) is 4.79 Å². The van der Waals surface area contributed by atoms with Crippen LogP contribution in [-0.2, 0) is 4.79 Å².